The first-order valence-electron chi connectivity index (χ1n) is 5.36. The van der Waals surface area contributed by atoms with Crippen molar-refractivity contribution in [3.05, 3.63) is 48.3 Å². The third-order valence-corrected chi connectivity index (χ3v) is 2.86. The number of carboxylic acids is 1. The first kappa shape index (κ1) is 11.4. The Hall–Kier alpha value is -2.10. The predicted octanol–water partition coefficient (Wildman–Crippen LogP) is 2.23. The number of hydrogen-bond acceptors (Lipinski definition) is 2. The fraction of sp³-hybridized carbons (Fsp3) is 0.231. The Morgan fingerprint density at radius 1 is 1.29 bits per heavy atom. The summed E-state index contributed by atoms with van der Waals surface area (Å²) in [7, 11) is 0. The summed E-state index contributed by atoms with van der Waals surface area (Å²) in [6, 6.07) is 9.60. The zero-order chi connectivity index (χ0) is 12.5. The van der Waals surface area contributed by atoms with Crippen LogP contribution in [0.3, 0.4) is 0 Å². The Morgan fingerprint density at radius 3 is 2.53 bits per heavy atom. The lowest BCUT2D eigenvalue weighted by molar-refractivity contribution is -0.142. The molecule has 1 N–H and O–H groups in total. The maximum atomic E-state index is 11.1. The van der Waals surface area contributed by atoms with E-state index >= 15 is 0 Å². The van der Waals surface area contributed by atoms with Crippen LogP contribution in [0.1, 0.15) is 19.4 Å². The normalized spacial score (nSPS) is 11.4. The van der Waals surface area contributed by atoms with Crippen LogP contribution in [0.25, 0.3) is 5.69 Å². The van der Waals surface area contributed by atoms with Gasteiger partial charge in [-0.25, -0.2) is 4.68 Å². The maximum Gasteiger partial charge on any atom is 0.313 e. The molecular weight excluding hydrogens is 216 g/mol. The lowest BCUT2D eigenvalue weighted by Crippen LogP contribution is -2.27. The number of aliphatic carboxylic acids is 1. The lowest BCUT2D eigenvalue weighted by Gasteiger charge is -2.16. The maximum absolute atomic E-state index is 11.1. The molecule has 1 aromatic carbocycles. The Labute approximate surface area is 99.5 Å². The molecule has 1 aromatic heterocycles. The average Bonchev–Trinajstić information content (AvgIpc) is 2.80. The van der Waals surface area contributed by atoms with E-state index in [0.717, 1.165) is 5.69 Å². The summed E-state index contributed by atoms with van der Waals surface area (Å²) in [6.45, 7) is 3.34. The van der Waals surface area contributed by atoms with Crippen molar-refractivity contribution < 1.29 is 9.90 Å². The van der Waals surface area contributed by atoms with Crippen molar-refractivity contribution in [2.45, 2.75) is 19.3 Å². The largest absolute Gasteiger partial charge is 0.481 e. The van der Waals surface area contributed by atoms with E-state index in [1.165, 1.54) is 0 Å². The average molecular weight is 230 g/mol. The smallest absolute Gasteiger partial charge is 0.313 e. The summed E-state index contributed by atoms with van der Waals surface area (Å²) in [5.41, 5.74) is 0.682. The van der Waals surface area contributed by atoms with Gasteiger partial charge in [0.05, 0.1) is 17.3 Å². The number of para-hydroxylation sites is 1. The van der Waals surface area contributed by atoms with Gasteiger partial charge in [-0.1, -0.05) is 18.2 Å². The molecule has 0 aliphatic rings. The summed E-state index contributed by atoms with van der Waals surface area (Å²) in [6.07, 6.45) is 3.35. The molecule has 4 nitrogen and oxygen atoms in total. The summed E-state index contributed by atoms with van der Waals surface area (Å²) >= 11 is 0. The standard InChI is InChI=1S/C13H14N2O2/c1-13(2,12(16)17)10-8-14-15(9-10)11-6-4-3-5-7-11/h3-9H,1-2H3,(H,16,17). The third kappa shape index (κ3) is 2.06. The minimum atomic E-state index is -0.924. The van der Waals surface area contributed by atoms with Crippen molar-refractivity contribution >= 4 is 5.97 Å². The summed E-state index contributed by atoms with van der Waals surface area (Å²) < 4.78 is 1.68. The number of rotatable bonds is 3. The van der Waals surface area contributed by atoms with E-state index in [9.17, 15) is 4.79 Å². The Kier molecular flexibility index (Phi) is 2.71. The van der Waals surface area contributed by atoms with E-state index in [2.05, 4.69) is 5.10 Å². The van der Waals surface area contributed by atoms with Gasteiger partial charge in [0.25, 0.3) is 0 Å². The molecule has 0 aliphatic carbocycles. The minimum absolute atomic E-state index is 0.689. The predicted molar refractivity (Wildman–Crippen MR) is 64.2 cm³/mol. The van der Waals surface area contributed by atoms with Gasteiger partial charge in [-0.3, -0.25) is 4.79 Å². The van der Waals surface area contributed by atoms with Crippen molar-refractivity contribution in [2.75, 3.05) is 0 Å². The number of hydrogen-bond donors (Lipinski definition) is 1. The molecule has 4 heteroatoms. The molecule has 0 fully saturated rings. The van der Waals surface area contributed by atoms with Crippen LogP contribution >= 0.6 is 0 Å². The minimum Gasteiger partial charge on any atom is -0.481 e. The van der Waals surface area contributed by atoms with E-state index in [0.29, 0.717) is 5.56 Å². The zero-order valence-electron chi connectivity index (χ0n) is 9.79. The highest BCUT2D eigenvalue weighted by Gasteiger charge is 2.30. The molecule has 0 atom stereocenters. The fourth-order valence-electron chi connectivity index (χ4n) is 1.49. The van der Waals surface area contributed by atoms with Gasteiger partial charge in [0, 0.05) is 11.8 Å². The molecule has 2 aromatic rings. The second-order valence-electron chi connectivity index (χ2n) is 4.44. The number of aromatic nitrogens is 2. The lowest BCUT2D eigenvalue weighted by atomic mass is 9.87. The van der Waals surface area contributed by atoms with Crippen molar-refractivity contribution in [3.8, 4) is 5.69 Å². The zero-order valence-corrected chi connectivity index (χ0v) is 9.79. The summed E-state index contributed by atoms with van der Waals surface area (Å²) in [5.74, 6) is -0.856. The van der Waals surface area contributed by atoms with Gasteiger partial charge in [-0.05, 0) is 26.0 Å². The third-order valence-electron chi connectivity index (χ3n) is 2.86. The Bertz CT molecular complexity index is 529. The molecule has 2 rings (SSSR count). The van der Waals surface area contributed by atoms with E-state index in [1.54, 1.807) is 30.9 Å². The van der Waals surface area contributed by atoms with Crippen LogP contribution in [0.4, 0.5) is 0 Å². The van der Waals surface area contributed by atoms with Crippen molar-refractivity contribution in [3.63, 3.8) is 0 Å². The van der Waals surface area contributed by atoms with Crippen LogP contribution in [0.2, 0.25) is 0 Å². The van der Waals surface area contributed by atoms with Crippen LogP contribution in [0, 0.1) is 0 Å². The van der Waals surface area contributed by atoms with Crippen molar-refractivity contribution in [2.24, 2.45) is 0 Å². The highest BCUT2D eigenvalue weighted by atomic mass is 16.4. The van der Waals surface area contributed by atoms with Gasteiger partial charge in [0.1, 0.15) is 0 Å². The van der Waals surface area contributed by atoms with E-state index < -0.39 is 11.4 Å². The van der Waals surface area contributed by atoms with E-state index in [4.69, 9.17) is 5.11 Å². The Morgan fingerprint density at radius 2 is 1.94 bits per heavy atom. The highest BCUT2D eigenvalue weighted by molar-refractivity contribution is 5.80. The van der Waals surface area contributed by atoms with E-state index in [-0.39, 0.29) is 0 Å². The second kappa shape index (κ2) is 4.05. The Balaban J connectivity index is 2.38. The second-order valence-corrected chi connectivity index (χ2v) is 4.44. The first-order chi connectivity index (χ1) is 8.01. The molecule has 0 spiro atoms. The molecule has 1 heterocycles. The van der Waals surface area contributed by atoms with E-state index in [1.807, 2.05) is 30.3 Å². The number of nitrogens with zero attached hydrogens (tertiary/aromatic N) is 2. The SMILES string of the molecule is CC(C)(C(=O)O)c1cnn(-c2ccccc2)c1. The van der Waals surface area contributed by atoms with Gasteiger partial charge in [0.2, 0.25) is 0 Å². The monoisotopic (exact) mass is 230 g/mol. The van der Waals surface area contributed by atoms with Gasteiger partial charge >= 0.3 is 5.97 Å². The molecule has 0 unspecified atom stereocenters. The number of carboxylic acid groups (broad SMARTS) is 1. The molecule has 0 amide bonds. The van der Waals surface area contributed by atoms with Crippen molar-refractivity contribution in [1.82, 2.24) is 9.78 Å². The summed E-state index contributed by atoms with van der Waals surface area (Å²) in [5, 5.41) is 13.3. The summed E-state index contributed by atoms with van der Waals surface area (Å²) in [4.78, 5) is 11.1. The van der Waals surface area contributed by atoms with Crippen LogP contribution in [-0.4, -0.2) is 20.9 Å². The molecule has 0 saturated carbocycles. The molecule has 88 valence electrons. The molecule has 0 saturated heterocycles. The first-order valence-corrected chi connectivity index (χ1v) is 5.36. The number of carbonyl (C=O) groups is 1. The van der Waals surface area contributed by atoms with Crippen LogP contribution in [0.5, 0.6) is 0 Å². The quantitative estimate of drug-likeness (QED) is 0.879. The van der Waals surface area contributed by atoms with Crippen molar-refractivity contribution in [1.29, 1.82) is 0 Å². The molecule has 0 bridgehead atoms. The van der Waals surface area contributed by atoms with Gasteiger partial charge in [-0.2, -0.15) is 5.10 Å². The van der Waals surface area contributed by atoms with Gasteiger partial charge in [-0.15, -0.1) is 0 Å². The van der Waals surface area contributed by atoms with Crippen LogP contribution in [0.15, 0.2) is 42.7 Å². The number of benzene rings is 1. The molecule has 17 heavy (non-hydrogen) atoms. The fourth-order valence-corrected chi connectivity index (χ4v) is 1.49. The van der Waals surface area contributed by atoms with Crippen LogP contribution in [-0.2, 0) is 10.2 Å². The van der Waals surface area contributed by atoms with Gasteiger partial charge < -0.3 is 5.11 Å². The molecule has 0 radical (unpaired) electrons. The molecular formula is C13H14N2O2. The topological polar surface area (TPSA) is 55.1 Å². The van der Waals surface area contributed by atoms with Gasteiger partial charge in [0.15, 0.2) is 0 Å². The molecule has 0 aliphatic heterocycles. The highest BCUT2D eigenvalue weighted by Crippen LogP contribution is 2.23. The van der Waals surface area contributed by atoms with Crippen LogP contribution < -0.4 is 0 Å².